The predicted molar refractivity (Wildman–Crippen MR) is 126 cm³/mol. The average Bonchev–Trinajstić information content (AvgIpc) is 3.06. The van der Waals surface area contributed by atoms with Gasteiger partial charge in [-0.05, 0) is 51.6 Å². The summed E-state index contributed by atoms with van der Waals surface area (Å²) in [4.78, 5) is 10.0. The number of aromatic nitrogens is 3. The summed E-state index contributed by atoms with van der Waals surface area (Å²) in [6, 6.07) is 9.44. The van der Waals surface area contributed by atoms with Gasteiger partial charge >= 0.3 is 0 Å². The minimum absolute atomic E-state index is 0.0134. The zero-order valence-electron chi connectivity index (χ0n) is 20.1. The molecule has 1 aliphatic carbocycles. The first-order chi connectivity index (χ1) is 14.2. The molecule has 0 atom stereocenters. The molecule has 0 N–H and O–H groups in total. The van der Waals surface area contributed by atoms with Gasteiger partial charge in [0.2, 0.25) is 0 Å². The van der Waals surface area contributed by atoms with E-state index in [2.05, 4.69) is 78.8 Å². The van der Waals surface area contributed by atoms with Crippen molar-refractivity contribution >= 4 is 27.6 Å². The first kappa shape index (κ1) is 20.4. The maximum atomic E-state index is 14.0. The summed E-state index contributed by atoms with van der Waals surface area (Å²) in [6.07, 6.45) is 0. The summed E-state index contributed by atoms with van der Waals surface area (Å²) in [5, 5.41) is 0.879. The monoisotopic (exact) mass is 417 g/mol. The van der Waals surface area contributed by atoms with E-state index >= 15 is 0 Å². The summed E-state index contributed by atoms with van der Waals surface area (Å²) >= 11 is 0. The topological polar surface area (TPSA) is 30.2 Å². The molecule has 2 aromatic heterocycles. The maximum Gasteiger partial charge on any atom is 0.148 e. The van der Waals surface area contributed by atoms with E-state index in [-0.39, 0.29) is 27.5 Å². The zero-order chi connectivity index (χ0) is 22.7. The quantitative estimate of drug-likeness (QED) is 0.306. The highest BCUT2D eigenvalue weighted by atomic mass is 19.1. The molecule has 0 unspecified atom stereocenters. The molecule has 0 aliphatic heterocycles. The van der Waals surface area contributed by atoms with Crippen molar-refractivity contribution in [2.24, 2.45) is 5.41 Å². The summed E-state index contributed by atoms with van der Waals surface area (Å²) in [5.41, 5.74) is 6.23. The molecule has 162 valence electrons. The Balaban J connectivity index is 1.99. The fraction of sp³-hybridized carbons (Fsp3) is 0.481. The van der Waals surface area contributed by atoms with Crippen molar-refractivity contribution in [3.05, 3.63) is 53.1 Å². The van der Waals surface area contributed by atoms with Crippen molar-refractivity contribution < 1.29 is 4.39 Å². The Bertz CT molecular complexity index is 1400. The van der Waals surface area contributed by atoms with Gasteiger partial charge in [-0.1, -0.05) is 62.3 Å². The number of benzene rings is 2. The van der Waals surface area contributed by atoms with Crippen LogP contribution in [-0.2, 0) is 16.2 Å². The van der Waals surface area contributed by atoms with Crippen molar-refractivity contribution in [2.75, 3.05) is 0 Å². The van der Waals surface area contributed by atoms with Gasteiger partial charge in [0.25, 0.3) is 0 Å². The number of hydrogen-bond donors (Lipinski definition) is 0. The van der Waals surface area contributed by atoms with Crippen LogP contribution >= 0.6 is 0 Å². The summed E-state index contributed by atoms with van der Waals surface area (Å²) in [7, 11) is 0. The van der Waals surface area contributed by atoms with E-state index in [0.29, 0.717) is 5.52 Å². The summed E-state index contributed by atoms with van der Waals surface area (Å²) in [5.74, 6) is 0.627. The maximum absolute atomic E-state index is 14.0. The molecule has 4 heteroatoms. The standard InChI is InChI=1S/C27H32FN3/c1-24(2,3)23-30-19-12-15(28)10-11-16(19)22-29-20-13-17-18(14-21(20)31(22)23)26(6,7)27(8,9)25(17,4)5/h10-14H,1-9H3. The second-order valence-corrected chi connectivity index (χ2v) is 11.9. The van der Waals surface area contributed by atoms with Crippen LogP contribution < -0.4 is 0 Å². The van der Waals surface area contributed by atoms with Crippen LogP contribution in [0.1, 0.15) is 79.3 Å². The molecule has 0 radical (unpaired) electrons. The normalized spacial score (nSPS) is 19.4. The molecule has 0 bridgehead atoms. The highest BCUT2D eigenvalue weighted by Gasteiger charge is 2.57. The third-order valence-corrected chi connectivity index (χ3v) is 8.58. The van der Waals surface area contributed by atoms with E-state index in [1.54, 1.807) is 6.07 Å². The van der Waals surface area contributed by atoms with E-state index in [9.17, 15) is 4.39 Å². The lowest BCUT2D eigenvalue weighted by molar-refractivity contribution is 0.125. The lowest BCUT2D eigenvalue weighted by atomic mass is 9.59. The molecule has 31 heavy (non-hydrogen) atoms. The van der Waals surface area contributed by atoms with Crippen LogP contribution in [0.2, 0.25) is 0 Å². The summed E-state index contributed by atoms with van der Waals surface area (Å²) in [6.45, 7) is 20.6. The fourth-order valence-corrected chi connectivity index (χ4v) is 5.46. The Hall–Kier alpha value is -2.49. The van der Waals surface area contributed by atoms with Gasteiger partial charge in [-0.15, -0.1) is 0 Å². The van der Waals surface area contributed by atoms with Crippen molar-refractivity contribution in [1.82, 2.24) is 14.4 Å². The van der Waals surface area contributed by atoms with Crippen LogP contribution in [0.4, 0.5) is 4.39 Å². The molecular formula is C27H32FN3. The third-order valence-electron chi connectivity index (χ3n) is 8.58. The summed E-state index contributed by atoms with van der Waals surface area (Å²) < 4.78 is 16.2. The molecule has 3 nitrogen and oxygen atoms in total. The first-order valence-electron chi connectivity index (χ1n) is 11.1. The molecule has 1 aliphatic rings. The van der Waals surface area contributed by atoms with Gasteiger partial charge in [0.1, 0.15) is 17.3 Å². The molecule has 5 rings (SSSR count). The van der Waals surface area contributed by atoms with E-state index in [4.69, 9.17) is 9.97 Å². The Labute approximate surface area is 183 Å². The Morgan fingerprint density at radius 1 is 0.806 bits per heavy atom. The number of fused-ring (bicyclic) bond motifs is 6. The van der Waals surface area contributed by atoms with Crippen molar-refractivity contribution in [1.29, 1.82) is 0 Å². The molecule has 0 fully saturated rings. The SMILES string of the molecule is CC(C)(C)c1nc2cc(F)ccc2c2nc3cc4c(cc3n12)C(C)(C)C(C)(C)C4(C)C. The van der Waals surface area contributed by atoms with Crippen molar-refractivity contribution in [3.8, 4) is 0 Å². The Kier molecular flexibility index (Phi) is 3.72. The van der Waals surface area contributed by atoms with E-state index in [1.807, 2.05) is 0 Å². The van der Waals surface area contributed by atoms with Crippen molar-refractivity contribution in [2.45, 2.75) is 78.6 Å². The van der Waals surface area contributed by atoms with Crippen LogP contribution in [0.5, 0.6) is 0 Å². The number of rotatable bonds is 0. The van der Waals surface area contributed by atoms with Crippen LogP contribution in [-0.4, -0.2) is 14.4 Å². The Morgan fingerprint density at radius 2 is 1.42 bits per heavy atom. The molecule has 4 aromatic rings. The number of halogens is 1. The molecule has 0 spiro atoms. The molecule has 0 saturated carbocycles. The second-order valence-electron chi connectivity index (χ2n) is 11.9. The molecule has 2 heterocycles. The average molecular weight is 418 g/mol. The fourth-order valence-electron chi connectivity index (χ4n) is 5.46. The van der Waals surface area contributed by atoms with Gasteiger partial charge in [-0.25, -0.2) is 14.4 Å². The van der Waals surface area contributed by atoms with Gasteiger partial charge in [-0.3, -0.25) is 4.40 Å². The second kappa shape index (κ2) is 5.65. The van der Waals surface area contributed by atoms with Crippen LogP contribution in [0.25, 0.3) is 27.6 Å². The highest BCUT2D eigenvalue weighted by Crippen LogP contribution is 2.62. The Morgan fingerprint density at radius 3 is 2.03 bits per heavy atom. The van der Waals surface area contributed by atoms with Gasteiger partial charge in [0.05, 0.1) is 16.6 Å². The number of nitrogens with zero attached hydrogens (tertiary/aromatic N) is 3. The molecule has 2 aromatic carbocycles. The number of hydrogen-bond acceptors (Lipinski definition) is 2. The predicted octanol–water partition coefficient (Wildman–Crippen LogP) is 7.07. The van der Waals surface area contributed by atoms with Gasteiger partial charge < -0.3 is 0 Å². The van der Waals surface area contributed by atoms with Gasteiger partial charge in [0, 0.05) is 16.9 Å². The zero-order valence-corrected chi connectivity index (χ0v) is 20.1. The third kappa shape index (κ3) is 2.39. The lowest BCUT2D eigenvalue weighted by Crippen LogP contribution is -2.42. The van der Waals surface area contributed by atoms with E-state index in [1.165, 1.54) is 23.3 Å². The largest absolute Gasteiger partial charge is 0.279 e. The van der Waals surface area contributed by atoms with Crippen LogP contribution in [0.3, 0.4) is 0 Å². The highest BCUT2D eigenvalue weighted by molar-refractivity contribution is 5.97. The van der Waals surface area contributed by atoms with Crippen molar-refractivity contribution in [3.63, 3.8) is 0 Å². The van der Waals surface area contributed by atoms with E-state index < -0.39 is 0 Å². The molecule has 0 amide bonds. The smallest absolute Gasteiger partial charge is 0.148 e. The number of imidazole rings is 1. The van der Waals surface area contributed by atoms with Crippen LogP contribution in [0, 0.1) is 11.2 Å². The first-order valence-corrected chi connectivity index (χ1v) is 11.1. The van der Waals surface area contributed by atoms with Gasteiger partial charge in [0.15, 0.2) is 0 Å². The minimum Gasteiger partial charge on any atom is -0.279 e. The lowest BCUT2D eigenvalue weighted by Gasteiger charge is -2.44. The van der Waals surface area contributed by atoms with Gasteiger partial charge in [-0.2, -0.15) is 0 Å². The molecule has 0 saturated heterocycles. The molecular weight excluding hydrogens is 385 g/mol. The van der Waals surface area contributed by atoms with Crippen LogP contribution in [0.15, 0.2) is 30.3 Å². The minimum atomic E-state index is -0.273. The van der Waals surface area contributed by atoms with E-state index in [0.717, 1.165) is 27.9 Å².